The second kappa shape index (κ2) is 7.33. The summed E-state index contributed by atoms with van der Waals surface area (Å²) in [4.78, 5) is 4.34. The molecule has 0 bridgehead atoms. The van der Waals surface area contributed by atoms with Crippen molar-refractivity contribution in [3.63, 3.8) is 0 Å². The van der Waals surface area contributed by atoms with Gasteiger partial charge in [-0.3, -0.25) is 0 Å². The van der Waals surface area contributed by atoms with Gasteiger partial charge in [-0.25, -0.2) is 0 Å². The van der Waals surface area contributed by atoms with Crippen molar-refractivity contribution in [2.45, 2.75) is 45.8 Å². The third-order valence-corrected chi connectivity index (χ3v) is 3.17. The maximum Gasteiger partial charge on any atom is 0.227 e. The number of hydrogen-bond acceptors (Lipinski definition) is 5. The predicted molar refractivity (Wildman–Crippen MR) is 80.9 cm³/mol. The first-order chi connectivity index (χ1) is 10.0. The molecule has 2 N–H and O–H groups in total. The molecule has 1 atom stereocenters. The van der Waals surface area contributed by atoms with Crippen LogP contribution in [0, 0.1) is 6.92 Å². The highest BCUT2D eigenvalue weighted by atomic mass is 16.5. The lowest BCUT2D eigenvalue weighted by atomic mass is 10.1. The number of aromatic nitrogens is 2. The van der Waals surface area contributed by atoms with E-state index in [1.165, 1.54) is 11.1 Å². The number of benzene rings is 1. The first-order valence-electron chi connectivity index (χ1n) is 7.30. The SMILES string of the molecule is Cc1ccc(CCc2nc(C(N)COC(C)C)no2)cc1. The molecular weight excluding hydrogens is 266 g/mol. The van der Waals surface area contributed by atoms with Gasteiger partial charge in [-0.05, 0) is 32.8 Å². The Morgan fingerprint density at radius 2 is 1.90 bits per heavy atom. The highest BCUT2D eigenvalue weighted by Crippen LogP contribution is 2.11. The highest BCUT2D eigenvalue weighted by Gasteiger charge is 2.15. The molecule has 0 saturated heterocycles. The number of hydrogen-bond donors (Lipinski definition) is 1. The summed E-state index contributed by atoms with van der Waals surface area (Å²) in [5.41, 5.74) is 8.49. The van der Waals surface area contributed by atoms with Gasteiger partial charge in [0.15, 0.2) is 5.82 Å². The van der Waals surface area contributed by atoms with E-state index in [4.69, 9.17) is 15.0 Å². The molecule has 1 unspecified atom stereocenters. The van der Waals surface area contributed by atoms with E-state index in [0.29, 0.717) is 24.7 Å². The molecule has 0 radical (unpaired) electrons. The summed E-state index contributed by atoms with van der Waals surface area (Å²) >= 11 is 0. The molecule has 0 saturated carbocycles. The average Bonchev–Trinajstić information content (AvgIpc) is 2.93. The minimum atomic E-state index is -0.343. The predicted octanol–water partition coefficient (Wildman–Crippen LogP) is 2.59. The van der Waals surface area contributed by atoms with E-state index < -0.39 is 0 Å². The maximum atomic E-state index is 5.97. The molecule has 0 amide bonds. The fraction of sp³-hybridized carbons (Fsp3) is 0.500. The molecule has 0 fully saturated rings. The average molecular weight is 289 g/mol. The lowest BCUT2D eigenvalue weighted by Crippen LogP contribution is -2.20. The largest absolute Gasteiger partial charge is 0.377 e. The maximum absolute atomic E-state index is 5.97. The molecule has 1 aromatic carbocycles. The molecule has 5 nitrogen and oxygen atoms in total. The molecule has 114 valence electrons. The zero-order chi connectivity index (χ0) is 15.2. The lowest BCUT2D eigenvalue weighted by molar-refractivity contribution is 0.0665. The fourth-order valence-corrected chi connectivity index (χ4v) is 1.90. The van der Waals surface area contributed by atoms with E-state index in [1.54, 1.807) is 0 Å². The molecule has 5 heteroatoms. The van der Waals surface area contributed by atoms with Crippen LogP contribution in [0.15, 0.2) is 28.8 Å². The van der Waals surface area contributed by atoms with Crippen LogP contribution >= 0.6 is 0 Å². The number of rotatable bonds is 7. The van der Waals surface area contributed by atoms with E-state index in [2.05, 4.69) is 41.3 Å². The van der Waals surface area contributed by atoms with Gasteiger partial charge < -0.3 is 15.0 Å². The molecule has 0 aliphatic rings. The topological polar surface area (TPSA) is 74.2 Å². The minimum Gasteiger partial charge on any atom is -0.377 e. The van der Waals surface area contributed by atoms with Gasteiger partial charge in [0.1, 0.15) is 0 Å². The van der Waals surface area contributed by atoms with E-state index in [0.717, 1.165) is 6.42 Å². The van der Waals surface area contributed by atoms with Crippen LogP contribution in [-0.2, 0) is 17.6 Å². The summed E-state index contributed by atoms with van der Waals surface area (Å²) in [5, 5.41) is 3.93. The van der Waals surface area contributed by atoms with Crippen LogP contribution in [0.3, 0.4) is 0 Å². The van der Waals surface area contributed by atoms with Gasteiger partial charge >= 0.3 is 0 Å². The zero-order valence-corrected chi connectivity index (χ0v) is 12.9. The Bertz CT molecular complexity index is 549. The zero-order valence-electron chi connectivity index (χ0n) is 12.9. The number of nitrogens with two attached hydrogens (primary N) is 1. The van der Waals surface area contributed by atoms with E-state index >= 15 is 0 Å². The summed E-state index contributed by atoms with van der Waals surface area (Å²) < 4.78 is 10.7. The first-order valence-corrected chi connectivity index (χ1v) is 7.30. The van der Waals surface area contributed by atoms with Crippen LogP contribution in [0.25, 0.3) is 0 Å². The van der Waals surface area contributed by atoms with Gasteiger partial charge in [0, 0.05) is 6.42 Å². The second-order valence-electron chi connectivity index (χ2n) is 5.52. The third kappa shape index (κ3) is 4.95. The van der Waals surface area contributed by atoms with Crippen molar-refractivity contribution < 1.29 is 9.26 Å². The Balaban J connectivity index is 1.86. The fourth-order valence-electron chi connectivity index (χ4n) is 1.90. The summed E-state index contributed by atoms with van der Waals surface area (Å²) in [5.74, 6) is 1.13. The van der Waals surface area contributed by atoms with Gasteiger partial charge in [-0.15, -0.1) is 0 Å². The number of ether oxygens (including phenoxy) is 1. The van der Waals surface area contributed by atoms with Gasteiger partial charge in [-0.2, -0.15) is 4.98 Å². The van der Waals surface area contributed by atoms with Crippen molar-refractivity contribution in [2.24, 2.45) is 5.73 Å². The van der Waals surface area contributed by atoms with Crippen molar-refractivity contribution >= 4 is 0 Å². The molecule has 2 rings (SSSR count). The Hall–Kier alpha value is -1.72. The Kier molecular flexibility index (Phi) is 5.47. The van der Waals surface area contributed by atoms with Crippen molar-refractivity contribution in [1.29, 1.82) is 0 Å². The van der Waals surface area contributed by atoms with Crippen molar-refractivity contribution in [3.8, 4) is 0 Å². The van der Waals surface area contributed by atoms with E-state index in [-0.39, 0.29) is 12.1 Å². The smallest absolute Gasteiger partial charge is 0.227 e. The van der Waals surface area contributed by atoms with Crippen molar-refractivity contribution in [1.82, 2.24) is 10.1 Å². The monoisotopic (exact) mass is 289 g/mol. The van der Waals surface area contributed by atoms with Crippen LogP contribution in [0.2, 0.25) is 0 Å². The van der Waals surface area contributed by atoms with Crippen LogP contribution in [0.1, 0.15) is 42.7 Å². The molecule has 1 heterocycles. The van der Waals surface area contributed by atoms with Gasteiger partial charge in [0.2, 0.25) is 5.89 Å². The molecular formula is C16H23N3O2. The molecule has 2 aromatic rings. The van der Waals surface area contributed by atoms with Crippen LogP contribution in [0.4, 0.5) is 0 Å². The summed E-state index contributed by atoms with van der Waals surface area (Å²) in [6.07, 6.45) is 1.73. The minimum absolute atomic E-state index is 0.143. The molecule has 0 aliphatic heterocycles. The number of nitrogens with zero attached hydrogens (tertiary/aromatic N) is 2. The van der Waals surface area contributed by atoms with E-state index in [1.807, 2.05) is 13.8 Å². The lowest BCUT2D eigenvalue weighted by Gasteiger charge is -2.10. The Labute approximate surface area is 125 Å². The molecule has 1 aromatic heterocycles. The van der Waals surface area contributed by atoms with Crippen LogP contribution < -0.4 is 5.73 Å². The molecule has 0 spiro atoms. The molecule has 0 aliphatic carbocycles. The van der Waals surface area contributed by atoms with Crippen molar-refractivity contribution in [3.05, 3.63) is 47.1 Å². The summed E-state index contributed by atoms with van der Waals surface area (Å²) in [6.45, 7) is 6.41. The normalized spacial score (nSPS) is 12.8. The quantitative estimate of drug-likeness (QED) is 0.848. The Morgan fingerprint density at radius 1 is 1.19 bits per heavy atom. The van der Waals surface area contributed by atoms with Crippen LogP contribution in [0.5, 0.6) is 0 Å². The summed E-state index contributed by atoms with van der Waals surface area (Å²) in [7, 11) is 0. The van der Waals surface area contributed by atoms with Gasteiger partial charge in [-0.1, -0.05) is 35.0 Å². The summed E-state index contributed by atoms with van der Waals surface area (Å²) in [6, 6.07) is 8.11. The first kappa shape index (κ1) is 15.7. The van der Waals surface area contributed by atoms with Gasteiger partial charge in [0.05, 0.1) is 18.8 Å². The second-order valence-corrected chi connectivity index (χ2v) is 5.52. The van der Waals surface area contributed by atoms with Gasteiger partial charge in [0.25, 0.3) is 0 Å². The highest BCUT2D eigenvalue weighted by molar-refractivity contribution is 5.21. The van der Waals surface area contributed by atoms with E-state index in [9.17, 15) is 0 Å². The Morgan fingerprint density at radius 3 is 2.57 bits per heavy atom. The van der Waals surface area contributed by atoms with Crippen molar-refractivity contribution in [2.75, 3.05) is 6.61 Å². The standard InChI is InChI=1S/C16H23N3O2/c1-11(2)20-10-14(17)16-18-15(21-19-16)9-8-13-6-4-12(3)5-7-13/h4-7,11,14H,8-10,17H2,1-3H3. The third-order valence-electron chi connectivity index (χ3n) is 3.17. The number of aryl methyl sites for hydroxylation is 3. The van der Waals surface area contributed by atoms with Crippen LogP contribution in [-0.4, -0.2) is 22.9 Å². The molecule has 21 heavy (non-hydrogen) atoms.